The van der Waals surface area contributed by atoms with Crippen LogP contribution in [0.2, 0.25) is 0 Å². The third kappa shape index (κ3) is 4.69. The predicted molar refractivity (Wildman–Crippen MR) is 138 cm³/mol. The van der Waals surface area contributed by atoms with Gasteiger partial charge in [0.1, 0.15) is 22.6 Å². The number of hydrogen-bond acceptors (Lipinski definition) is 6. The van der Waals surface area contributed by atoms with Crippen molar-refractivity contribution in [2.24, 2.45) is 0 Å². The average molecular weight is 488 g/mol. The first kappa shape index (κ1) is 25.0. The summed E-state index contributed by atoms with van der Waals surface area (Å²) < 4.78 is 8.44. The van der Waals surface area contributed by atoms with Crippen LogP contribution >= 0.6 is 23.7 Å². The molecule has 3 aromatic heterocycles. The van der Waals surface area contributed by atoms with Crippen LogP contribution in [0.5, 0.6) is 5.75 Å². The number of carbonyl (C=O) groups excluding carboxylic acids is 1. The van der Waals surface area contributed by atoms with Crippen LogP contribution in [0.4, 0.5) is 5.13 Å². The van der Waals surface area contributed by atoms with E-state index in [1.54, 1.807) is 12.0 Å². The highest BCUT2D eigenvalue weighted by Gasteiger charge is 2.27. The molecule has 0 radical (unpaired) electrons. The van der Waals surface area contributed by atoms with Gasteiger partial charge in [-0.15, -0.1) is 12.4 Å². The molecule has 1 amide bonds. The minimum absolute atomic E-state index is 0. The van der Waals surface area contributed by atoms with Crippen molar-refractivity contribution < 1.29 is 9.53 Å². The number of thiazole rings is 1. The van der Waals surface area contributed by atoms with Gasteiger partial charge >= 0.3 is 0 Å². The van der Waals surface area contributed by atoms with Crippen molar-refractivity contribution in [2.75, 3.05) is 38.2 Å². The topological polar surface area (TPSA) is 63.0 Å². The molecule has 0 N–H and O–H groups in total. The number of carbonyl (C=O) groups is 1. The largest absolute Gasteiger partial charge is 0.494 e. The number of benzene rings is 1. The van der Waals surface area contributed by atoms with Gasteiger partial charge in [-0.25, -0.2) is 9.97 Å². The lowest BCUT2D eigenvalue weighted by atomic mass is 10.2. The molecule has 0 spiro atoms. The number of rotatable bonds is 8. The van der Waals surface area contributed by atoms with Crippen LogP contribution in [0.25, 0.3) is 15.9 Å². The third-order valence-corrected chi connectivity index (χ3v) is 7.04. The van der Waals surface area contributed by atoms with E-state index in [2.05, 4.69) is 30.7 Å². The first-order chi connectivity index (χ1) is 15.5. The zero-order chi connectivity index (χ0) is 22.8. The maximum absolute atomic E-state index is 13.9. The Labute approximate surface area is 204 Å². The number of anilines is 1. The molecule has 9 heteroatoms. The van der Waals surface area contributed by atoms with Gasteiger partial charge in [-0.1, -0.05) is 37.3 Å². The summed E-state index contributed by atoms with van der Waals surface area (Å²) in [7, 11) is 1.65. The van der Waals surface area contributed by atoms with Crippen LogP contribution in [0.1, 0.15) is 35.6 Å². The van der Waals surface area contributed by atoms with Crippen molar-refractivity contribution in [1.82, 2.24) is 19.3 Å². The van der Waals surface area contributed by atoms with Crippen molar-refractivity contribution in [1.29, 1.82) is 0 Å². The molecule has 0 aliphatic carbocycles. The van der Waals surface area contributed by atoms with Gasteiger partial charge in [0.05, 0.1) is 17.5 Å². The number of pyridine rings is 1. The molecule has 0 aliphatic rings. The van der Waals surface area contributed by atoms with E-state index in [1.165, 1.54) is 11.3 Å². The summed E-state index contributed by atoms with van der Waals surface area (Å²) in [6, 6.07) is 9.71. The van der Waals surface area contributed by atoms with Crippen LogP contribution in [0.3, 0.4) is 0 Å². The van der Waals surface area contributed by atoms with E-state index in [-0.39, 0.29) is 18.3 Å². The molecular formula is C24H30ClN5O2S. The summed E-state index contributed by atoms with van der Waals surface area (Å²) in [5.74, 6) is 0.624. The van der Waals surface area contributed by atoms with Crippen LogP contribution in [0, 0.1) is 13.8 Å². The number of ether oxygens (including phenoxy) is 1. The lowest BCUT2D eigenvalue weighted by Gasteiger charge is -2.24. The van der Waals surface area contributed by atoms with E-state index >= 15 is 0 Å². The van der Waals surface area contributed by atoms with E-state index in [9.17, 15) is 4.79 Å². The van der Waals surface area contributed by atoms with Gasteiger partial charge in [0.2, 0.25) is 0 Å². The molecule has 1 aromatic carbocycles. The highest BCUT2D eigenvalue weighted by Crippen LogP contribution is 2.37. The Morgan fingerprint density at radius 3 is 2.55 bits per heavy atom. The molecule has 3 heterocycles. The lowest BCUT2D eigenvalue weighted by Crippen LogP contribution is -2.39. The summed E-state index contributed by atoms with van der Waals surface area (Å²) in [5, 5.41) is 0.676. The second-order valence-electron chi connectivity index (χ2n) is 7.72. The summed E-state index contributed by atoms with van der Waals surface area (Å²) >= 11 is 1.53. The minimum atomic E-state index is -0.0935. The zero-order valence-corrected chi connectivity index (χ0v) is 21.3. The number of halogens is 1. The van der Waals surface area contributed by atoms with Crippen molar-refractivity contribution in [2.45, 2.75) is 27.7 Å². The fourth-order valence-electron chi connectivity index (χ4n) is 3.94. The minimum Gasteiger partial charge on any atom is -0.494 e. The number of hydrogen-bond donors (Lipinski definition) is 0. The van der Waals surface area contributed by atoms with Crippen LogP contribution in [0.15, 0.2) is 36.5 Å². The molecule has 0 unspecified atom stereocenters. The van der Waals surface area contributed by atoms with E-state index in [1.807, 2.05) is 47.9 Å². The maximum Gasteiger partial charge on any atom is 0.279 e. The Hall–Kier alpha value is -2.68. The van der Waals surface area contributed by atoms with E-state index in [4.69, 9.17) is 9.72 Å². The second kappa shape index (κ2) is 10.5. The van der Waals surface area contributed by atoms with Crippen molar-refractivity contribution >= 4 is 50.6 Å². The van der Waals surface area contributed by atoms with Crippen molar-refractivity contribution in [3.05, 3.63) is 53.5 Å². The number of nitrogens with zero attached hydrogens (tertiary/aromatic N) is 5. The third-order valence-electron chi connectivity index (χ3n) is 5.83. The second-order valence-corrected chi connectivity index (χ2v) is 8.69. The Bertz CT molecular complexity index is 1260. The van der Waals surface area contributed by atoms with Gasteiger partial charge in [0.15, 0.2) is 5.13 Å². The quantitative estimate of drug-likeness (QED) is 0.350. The molecule has 0 saturated carbocycles. The molecule has 176 valence electrons. The molecule has 0 atom stereocenters. The molecule has 4 aromatic rings. The highest BCUT2D eigenvalue weighted by molar-refractivity contribution is 7.22. The van der Waals surface area contributed by atoms with E-state index in [0.717, 1.165) is 46.8 Å². The number of likely N-dealkylation sites (N-methyl/N-ethyl adjacent to an activating group) is 1. The number of methoxy groups -OCH3 is 1. The molecule has 4 rings (SSSR count). The van der Waals surface area contributed by atoms with Crippen LogP contribution in [-0.4, -0.2) is 58.5 Å². The molecular weight excluding hydrogens is 458 g/mol. The van der Waals surface area contributed by atoms with Gasteiger partial charge in [-0.2, -0.15) is 0 Å². The molecule has 0 aliphatic heterocycles. The molecule has 7 nitrogen and oxygen atoms in total. The predicted octanol–water partition coefficient (Wildman–Crippen LogP) is 4.98. The van der Waals surface area contributed by atoms with Crippen LogP contribution in [-0.2, 0) is 0 Å². The highest BCUT2D eigenvalue weighted by atomic mass is 35.5. The Balaban J connectivity index is 0.00000306. The standard InChI is InChI=1S/C24H29N5O2S.ClH/c1-6-27(7-2)14-15-29(23(30)21-17(4)25-19-10-8-9-13-28(19)21)24-26-20-18(31-5)12-11-16(3)22(20)32-24;/h8-13H,6-7,14-15H2,1-5H3;1H. The smallest absolute Gasteiger partial charge is 0.279 e. The summed E-state index contributed by atoms with van der Waals surface area (Å²) in [5.41, 5.74) is 3.96. The zero-order valence-electron chi connectivity index (χ0n) is 19.7. The van der Waals surface area contributed by atoms with Gasteiger partial charge in [0.25, 0.3) is 5.91 Å². The van der Waals surface area contributed by atoms with Gasteiger partial charge in [0, 0.05) is 19.3 Å². The van der Waals surface area contributed by atoms with Gasteiger partial charge in [-0.3, -0.25) is 14.1 Å². The molecule has 0 saturated heterocycles. The van der Waals surface area contributed by atoms with Crippen molar-refractivity contribution in [3.63, 3.8) is 0 Å². The number of aromatic nitrogens is 3. The van der Waals surface area contributed by atoms with Gasteiger partial charge in [-0.05, 0) is 50.7 Å². The lowest BCUT2D eigenvalue weighted by molar-refractivity contribution is 0.0977. The van der Waals surface area contributed by atoms with E-state index in [0.29, 0.717) is 23.1 Å². The summed E-state index contributed by atoms with van der Waals surface area (Å²) in [6.07, 6.45) is 1.89. The Morgan fingerprint density at radius 2 is 1.85 bits per heavy atom. The van der Waals surface area contributed by atoms with Crippen molar-refractivity contribution in [3.8, 4) is 5.75 Å². The molecule has 0 fully saturated rings. The van der Waals surface area contributed by atoms with E-state index < -0.39 is 0 Å². The number of aryl methyl sites for hydroxylation is 2. The summed E-state index contributed by atoms with van der Waals surface area (Å²) in [6.45, 7) is 11.4. The number of fused-ring (bicyclic) bond motifs is 2. The number of amides is 1. The first-order valence-electron chi connectivity index (χ1n) is 10.9. The monoisotopic (exact) mass is 487 g/mol. The normalized spacial score (nSPS) is 11.2. The Kier molecular flexibility index (Phi) is 7.94. The Morgan fingerprint density at radius 1 is 1.09 bits per heavy atom. The fourth-order valence-corrected chi connectivity index (χ4v) is 5.02. The SMILES string of the molecule is CCN(CC)CCN(C(=O)c1c(C)nc2ccccn12)c1nc2c(OC)ccc(C)c2s1.Cl. The molecule has 0 bridgehead atoms. The van der Waals surface area contributed by atoms with Gasteiger partial charge < -0.3 is 9.64 Å². The average Bonchev–Trinajstić information content (AvgIpc) is 3.38. The maximum atomic E-state index is 13.9. The molecule has 33 heavy (non-hydrogen) atoms. The van der Waals surface area contributed by atoms with Crippen LogP contribution < -0.4 is 9.64 Å². The summed E-state index contributed by atoms with van der Waals surface area (Å²) in [4.78, 5) is 27.5. The first-order valence-corrected chi connectivity index (χ1v) is 11.7. The number of imidazole rings is 1. The fraction of sp³-hybridized carbons (Fsp3) is 0.375.